The Balaban J connectivity index is 1.69. The molecule has 2 amide bonds. The van der Waals surface area contributed by atoms with Gasteiger partial charge in [-0.15, -0.1) is 22.7 Å². The normalized spacial score (nSPS) is 16.7. The molecule has 8 heteroatoms. The van der Waals surface area contributed by atoms with Gasteiger partial charge in [-0.05, 0) is 22.9 Å². The summed E-state index contributed by atoms with van der Waals surface area (Å²) in [6.45, 7) is 0.497. The van der Waals surface area contributed by atoms with E-state index in [0.29, 0.717) is 23.0 Å². The quantitative estimate of drug-likeness (QED) is 0.871. The number of amides is 2. The molecule has 1 N–H and O–H groups in total. The summed E-state index contributed by atoms with van der Waals surface area (Å²) in [7, 11) is 0. The fourth-order valence-electron chi connectivity index (χ4n) is 1.77. The summed E-state index contributed by atoms with van der Waals surface area (Å²) in [6.07, 6.45) is 0. The van der Waals surface area contributed by atoms with Crippen LogP contribution in [0.2, 0.25) is 0 Å². The van der Waals surface area contributed by atoms with Crippen molar-refractivity contribution in [1.82, 2.24) is 10.3 Å². The van der Waals surface area contributed by atoms with E-state index in [0.717, 1.165) is 4.88 Å². The minimum absolute atomic E-state index is 0.0347. The van der Waals surface area contributed by atoms with Crippen molar-refractivity contribution in [1.29, 1.82) is 0 Å². The lowest BCUT2D eigenvalue weighted by Crippen LogP contribution is -2.31. The Hall–Kier alpha value is -1.64. The first-order valence-electron chi connectivity index (χ1n) is 6.11. The van der Waals surface area contributed by atoms with E-state index >= 15 is 0 Å². The molecular weight excluding hydrogens is 326 g/mol. The van der Waals surface area contributed by atoms with Gasteiger partial charge in [-0.3, -0.25) is 14.5 Å². The van der Waals surface area contributed by atoms with Crippen molar-refractivity contribution < 1.29 is 9.59 Å². The number of hydrazone groups is 1. The van der Waals surface area contributed by atoms with Crippen LogP contribution in [-0.4, -0.2) is 27.6 Å². The molecule has 0 spiro atoms. The molecule has 2 aromatic heterocycles. The molecule has 108 valence electrons. The zero-order valence-corrected chi connectivity index (χ0v) is 13.3. The van der Waals surface area contributed by atoms with Crippen molar-refractivity contribution in [3.05, 3.63) is 44.8 Å². The second-order valence-electron chi connectivity index (χ2n) is 4.17. The Kier molecular flexibility index (Phi) is 4.37. The molecule has 3 heterocycles. The molecule has 1 aliphatic heterocycles. The van der Waals surface area contributed by atoms with Crippen LogP contribution in [0.3, 0.4) is 0 Å². The van der Waals surface area contributed by atoms with Crippen molar-refractivity contribution in [2.75, 3.05) is 5.75 Å². The molecule has 0 unspecified atom stereocenters. The summed E-state index contributed by atoms with van der Waals surface area (Å²) in [5, 5.41) is 7.87. The van der Waals surface area contributed by atoms with Crippen molar-refractivity contribution in [3.63, 3.8) is 0 Å². The lowest BCUT2D eigenvalue weighted by Gasteiger charge is -2.14. The smallest absolute Gasteiger partial charge is 0.284 e. The number of nitrogens with zero attached hydrogens (tertiary/aromatic N) is 2. The Labute approximate surface area is 133 Å². The number of carbonyl (C=O) groups excluding carboxylic acids is 2. The average Bonchev–Trinajstić information content (AvgIpc) is 3.21. The van der Waals surface area contributed by atoms with Crippen LogP contribution in [0.15, 0.2) is 40.1 Å². The zero-order chi connectivity index (χ0) is 14.7. The molecule has 0 atom stereocenters. The standard InChI is InChI=1S/C13H11N3O2S3/c17-12(10-4-2-6-20-10)15-14-11-8-21-13(18)16(11)7-9-3-1-5-19-9/h1-6H,7-8H2,(H,15,17)/b14-11-. The maximum absolute atomic E-state index is 11.9. The molecule has 1 aliphatic rings. The number of nitrogens with one attached hydrogen (secondary N) is 1. The molecule has 0 aliphatic carbocycles. The first kappa shape index (κ1) is 14.3. The van der Waals surface area contributed by atoms with Crippen LogP contribution in [0, 0.1) is 0 Å². The number of rotatable bonds is 4. The largest absolute Gasteiger partial charge is 0.287 e. The molecule has 3 rings (SSSR count). The summed E-state index contributed by atoms with van der Waals surface area (Å²) in [5.41, 5.74) is 2.51. The number of thioether (sulfide) groups is 1. The first-order valence-corrected chi connectivity index (χ1v) is 8.85. The lowest BCUT2D eigenvalue weighted by atomic mass is 10.4. The van der Waals surface area contributed by atoms with E-state index in [4.69, 9.17) is 0 Å². The molecule has 1 fully saturated rings. The molecule has 0 aromatic carbocycles. The molecule has 0 saturated carbocycles. The molecule has 21 heavy (non-hydrogen) atoms. The van der Waals surface area contributed by atoms with Gasteiger partial charge < -0.3 is 0 Å². The van der Waals surface area contributed by atoms with Crippen molar-refractivity contribution >= 4 is 51.4 Å². The second-order valence-corrected chi connectivity index (χ2v) is 7.07. The topological polar surface area (TPSA) is 61.8 Å². The van der Waals surface area contributed by atoms with E-state index in [2.05, 4.69) is 10.5 Å². The molecule has 0 radical (unpaired) electrons. The third kappa shape index (κ3) is 3.34. The summed E-state index contributed by atoms with van der Waals surface area (Å²) in [4.78, 5) is 27.0. The molecule has 1 saturated heterocycles. The molecule has 0 bridgehead atoms. The highest BCUT2D eigenvalue weighted by atomic mass is 32.2. The van der Waals surface area contributed by atoms with E-state index in [1.54, 1.807) is 22.3 Å². The SMILES string of the molecule is O=C(N/N=C1/CSC(=O)N1Cc1cccs1)c1cccs1. The monoisotopic (exact) mass is 337 g/mol. The molecule has 5 nitrogen and oxygen atoms in total. The zero-order valence-electron chi connectivity index (χ0n) is 10.8. The van der Waals surface area contributed by atoms with Gasteiger partial charge in [0.05, 0.1) is 17.2 Å². The Bertz CT molecular complexity index is 665. The summed E-state index contributed by atoms with van der Waals surface area (Å²) in [5.74, 6) is 0.816. The van der Waals surface area contributed by atoms with Crippen molar-refractivity contribution in [3.8, 4) is 0 Å². The van der Waals surface area contributed by atoms with Crippen LogP contribution in [0.1, 0.15) is 14.5 Å². The summed E-state index contributed by atoms with van der Waals surface area (Å²) in [6, 6.07) is 7.47. The van der Waals surface area contributed by atoms with Crippen LogP contribution in [0.5, 0.6) is 0 Å². The Morgan fingerprint density at radius 2 is 2.10 bits per heavy atom. The van der Waals surface area contributed by atoms with Gasteiger partial charge in [0.2, 0.25) is 0 Å². The van der Waals surface area contributed by atoms with Crippen LogP contribution in [0.4, 0.5) is 4.79 Å². The van der Waals surface area contributed by atoms with E-state index in [1.165, 1.54) is 23.1 Å². The van der Waals surface area contributed by atoms with Gasteiger partial charge in [-0.1, -0.05) is 23.9 Å². The van der Waals surface area contributed by atoms with Gasteiger partial charge in [0, 0.05) is 4.88 Å². The maximum Gasteiger partial charge on any atom is 0.287 e. The predicted octanol–water partition coefficient (Wildman–Crippen LogP) is 3.22. The van der Waals surface area contributed by atoms with Gasteiger partial charge in [0.1, 0.15) is 5.84 Å². The van der Waals surface area contributed by atoms with Crippen LogP contribution < -0.4 is 5.43 Å². The van der Waals surface area contributed by atoms with Crippen molar-refractivity contribution in [2.24, 2.45) is 5.10 Å². The van der Waals surface area contributed by atoms with E-state index in [-0.39, 0.29) is 11.1 Å². The Morgan fingerprint density at radius 3 is 2.81 bits per heavy atom. The molecule has 2 aromatic rings. The number of thiophene rings is 2. The second kappa shape index (κ2) is 6.42. The van der Waals surface area contributed by atoms with Gasteiger partial charge in [0.15, 0.2) is 0 Å². The maximum atomic E-state index is 11.9. The van der Waals surface area contributed by atoms with Gasteiger partial charge >= 0.3 is 0 Å². The van der Waals surface area contributed by atoms with Crippen LogP contribution >= 0.6 is 34.4 Å². The number of hydrogen-bond donors (Lipinski definition) is 1. The third-order valence-corrected chi connectivity index (χ3v) is 5.38. The highest BCUT2D eigenvalue weighted by Crippen LogP contribution is 2.23. The first-order chi connectivity index (χ1) is 10.2. The fourth-order valence-corrected chi connectivity index (χ4v) is 3.88. The lowest BCUT2D eigenvalue weighted by molar-refractivity contribution is 0.0958. The summed E-state index contributed by atoms with van der Waals surface area (Å²) < 4.78 is 0. The van der Waals surface area contributed by atoms with E-state index < -0.39 is 0 Å². The van der Waals surface area contributed by atoms with Gasteiger partial charge in [0.25, 0.3) is 11.1 Å². The van der Waals surface area contributed by atoms with E-state index in [9.17, 15) is 9.59 Å². The predicted molar refractivity (Wildman–Crippen MR) is 86.9 cm³/mol. The highest BCUT2D eigenvalue weighted by molar-refractivity contribution is 8.14. The van der Waals surface area contributed by atoms with Crippen molar-refractivity contribution in [2.45, 2.75) is 6.54 Å². The summed E-state index contributed by atoms with van der Waals surface area (Å²) >= 11 is 4.14. The minimum Gasteiger partial charge on any atom is -0.284 e. The number of amidine groups is 1. The minimum atomic E-state index is -0.252. The number of hydrogen-bond acceptors (Lipinski definition) is 6. The highest BCUT2D eigenvalue weighted by Gasteiger charge is 2.28. The van der Waals surface area contributed by atoms with Crippen LogP contribution in [0.25, 0.3) is 0 Å². The third-order valence-electron chi connectivity index (χ3n) is 2.78. The number of carbonyl (C=O) groups is 2. The fraction of sp³-hybridized carbons (Fsp3) is 0.154. The van der Waals surface area contributed by atoms with Gasteiger partial charge in [-0.2, -0.15) is 5.10 Å². The van der Waals surface area contributed by atoms with Gasteiger partial charge in [-0.25, -0.2) is 5.43 Å². The average molecular weight is 337 g/mol. The Morgan fingerprint density at radius 1 is 1.29 bits per heavy atom. The van der Waals surface area contributed by atoms with E-state index in [1.807, 2.05) is 29.0 Å². The molecular formula is C13H11N3O2S3. The van der Waals surface area contributed by atoms with Crippen LogP contribution in [-0.2, 0) is 6.54 Å².